The van der Waals surface area contributed by atoms with Crippen LogP contribution in [0.3, 0.4) is 0 Å². The molecule has 1 amide bonds. The molecule has 1 N–H and O–H groups in total. The van der Waals surface area contributed by atoms with Gasteiger partial charge in [-0.05, 0) is 50.6 Å². The van der Waals surface area contributed by atoms with Crippen LogP contribution in [0.1, 0.15) is 35.2 Å². The molecule has 0 aromatic heterocycles. The Bertz CT molecular complexity index is 835. The van der Waals surface area contributed by atoms with Crippen LogP contribution in [0.2, 0.25) is 0 Å². The van der Waals surface area contributed by atoms with Crippen LogP contribution in [0.4, 0.5) is 11.4 Å². The van der Waals surface area contributed by atoms with E-state index in [-0.39, 0.29) is 17.2 Å². The molecule has 1 heterocycles. The molecule has 1 fully saturated rings. The molecule has 3 rings (SSSR count). The van der Waals surface area contributed by atoms with Crippen molar-refractivity contribution in [2.24, 2.45) is 0 Å². The number of carbonyl (C=O) groups is 1. The van der Waals surface area contributed by atoms with Crippen molar-refractivity contribution in [3.05, 3.63) is 69.8 Å². The highest BCUT2D eigenvalue weighted by atomic mass is 16.6. The summed E-state index contributed by atoms with van der Waals surface area (Å²) in [6.45, 7) is 3.89. The first-order valence-electron chi connectivity index (χ1n) is 10.1. The molecular weight excluding hydrogens is 368 g/mol. The zero-order chi connectivity index (χ0) is 20.6. The molecule has 0 saturated carbocycles. The number of nitro groups is 1. The van der Waals surface area contributed by atoms with E-state index < -0.39 is 4.92 Å². The van der Waals surface area contributed by atoms with Crippen molar-refractivity contribution in [2.45, 2.75) is 25.8 Å². The van der Waals surface area contributed by atoms with Crippen LogP contribution in [-0.2, 0) is 6.54 Å². The van der Waals surface area contributed by atoms with Crippen molar-refractivity contribution in [3.8, 4) is 0 Å². The highest BCUT2D eigenvalue weighted by Gasteiger charge is 2.26. The Morgan fingerprint density at radius 2 is 1.90 bits per heavy atom. The van der Waals surface area contributed by atoms with E-state index in [1.165, 1.54) is 11.6 Å². The second-order valence-electron chi connectivity index (χ2n) is 7.49. The molecule has 0 bridgehead atoms. The van der Waals surface area contributed by atoms with E-state index >= 15 is 0 Å². The van der Waals surface area contributed by atoms with Gasteiger partial charge in [-0.15, -0.1) is 0 Å². The van der Waals surface area contributed by atoms with E-state index in [0.717, 1.165) is 44.6 Å². The van der Waals surface area contributed by atoms with Crippen LogP contribution in [0.25, 0.3) is 0 Å². The average molecular weight is 396 g/mol. The summed E-state index contributed by atoms with van der Waals surface area (Å²) in [6, 6.07) is 15.0. The average Bonchev–Trinajstić information content (AvgIpc) is 3.26. The smallest absolute Gasteiger partial charge is 0.282 e. The number of benzene rings is 2. The predicted octanol–water partition coefficient (Wildman–Crippen LogP) is 3.76. The Morgan fingerprint density at radius 3 is 2.59 bits per heavy atom. The first kappa shape index (κ1) is 20.8. The van der Waals surface area contributed by atoms with Gasteiger partial charge in [-0.3, -0.25) is 14.9 Å². The molecule has 0 spiro atoms. The number of rotatable bonds is 9. The summed E-state index contributed by atoms with van der Waals surface area (Å²) in [4.78, 5) is 27.5. The molecule has 1 aliphatic heterocycles. The van der Waals surface area contributed by atoms with Crippen LogP contribution >= 0.6 is 0 Å². The van der Waals surface area contributed by atoms with Crippen LogP contribution in [0.15, 0.2) is 48.5 Å². The Hall–Kier alpha value is -2.93. The highest BCUT2D eigenvalue weighted by molar-refractivity contribution is 5.99. The Labute approximate surface area is 171 Å². The van der Waals surface area contributed by atoms with Crippen LogP contribution < -0.4 is 5.32 Å². The minimum Gasteiger partial charge on any atom is -0.385 e. The van der Waals surface area contributed by atoms with Crippen molar-refractivity contribution in [1.29, 1.82) is 0 Å². The van der Waals surface area contributed by atoms with Crippen molar-refractivity contribution >= 4 is 17.3 Å². The van der Waals surface area contributed by atoms with Gasteiger partial charge in [0.15, 0.2) is 0 Å². The molecule has 1 saturated heterocycles. The summed E-state index contributed by atoms with van der Waals surface area (Å²) in [7, 11) is 2.09. The van der Waals surface area contributed by atoms with Gasteiger partial charge in [0, 0.05) is 37.9 Å². The van der Waals surface area contributed by atoms with Gasteiger partial charge in [-0.25, -0.2) is 0 Å². The first-order valence-corrected chi connectivity index (χ1v) is 10.1. The number of nitrogens with zero attached hydrogens (tertiary/aromatic N) is 3. The minimum absolute atomic E-state index is 0.130. The molecular formula is C22H28N4O3. The minimum atomic E-state index is -0.481. The molecule has 1 aliphatic rings. The quantitative estimate of drug-likeness (QED) is 0.397. The zero-order valence-corrected chi connectivity index (χ0v) is 16.8. The molecule has 0 atom stereocenters. The second-order valence-corrected chi connectivity index (χ2v) is 7.49. The predicted molar refractivity (Wildman–Crippen MR) is 114 cm³/mol. The molecule has 7 nitrogen and oxygen atoms in total. The number of hydrogen-bond acceptors (Lipinski definition) is 5. The molecule has 7 heteroatoms. The summed E-state index contributed by atoms with van der Waals surface area (Å²) in [5.41, 5.74) is 2.06. The third-order valence-corrected chi connectivity index (χ3v) is 5.16. The lowest BCUT2D eigenvalue weighted by Crippen LogP contribution is -2.28. The number of carbonyl (C=O) groups excluding carboxylic acids is 1. The lowest BCUT2D eigenvalue weighted by Gasteiger charge is -2.18. The lowest BCUT2D eigenvalue weighted by molar-refractivity contribution is -0.385. The van der Waals surface area contributed by atoms with Gasteiger partial charge < -0.3 is 15.1 Å². The number of likely N-dealkylation sites (tertiary alicyclic amines) is 1. The topological polar surface area (TPSA) is 78.7 Å². The number of nitro benzene ring substituents is 1. The Kier molecular flexibility index (Phi) is 7.19. The fraction of sp³-hybridized carbons (Fsp3) is 0.409. The van der Waals surface area contributed by atoms with Crippen LogP contribution in [-0.4, -0.2) is 53.9 Å². The van der Waals surface area contributed by atoms with Gasteiger partial charge in [0.25, 0.3) is 11.6 Å². The Balaban J connectivity index is 1.54. The van der Waals surface area contributed by atoms with Gasteiger partial charge in [0.05, 0.1) is 4.92 Å². The second kappa shape index (κ2) is 10.0. The summed E-state index contributed by atoms with van der Waals surface area (Å²) < 4.78 is 0. The Morgan fingerprint density at radius 1 is 1.17 bits per heavy atom. The fourth-order valence-corrected chi connectivity index (χ4v) is 3.62. The van der Waals surface area contributed by atoms with E-state index in [2.05, 4.69) is 29.4 Å². The van der Waals surface area contributed by atoms with Gasteiger partial charge in [0.1, 0.15) is 5.56 Å². The maximum atomic E-state index is 12.7. The van der Waals surface area contributed by atoms with Crippen LogP contribution in [0, 0.1) is 10.1 Å². The van der Waals surface area contributed by atoms with E-state index in [4.69, 9.17) is 0 Å². The lowest BCUT2D eigenvalue weighted by atomic mass is 10.1. The zero-order valence-electron chi connectivity index (χ0n) is 16.8. The molecule has 29 heavy (non-hydrogen) atoms. The normalized spacial score (nSPS) is 13.7. The molecule has 0 aliphatic carbocycles. The summed E-state index contributed by atoms with van der Waals surface area (Å²) in [5, 5.41) is 14.6. The monoisotopic (exact) mass is 396 g/mol. The number of nitrogens with one attached hydrogen (secondary N) is 1. The van der Waals surface area contributed by atoms with Crippen molar-refractivity contribution < 1.29 is 9.72 Å². The number of hydrogen-bond donors (Lipinski definition) is 1. The highest BCUT2D eigenvalue weighted by Crippen LogP contribution is 2.25. The largest absolute Gasteiger partial charge is 0.385 e. The SMILES string of the molecule is CN(CCCNc1ccc([N+](=O)[O-])c(C(=O)N2CCCC2)c1)Cc1ccccc1. The number of anilines is 1. The summed E-state index contributed by atoms with van der Waals surface area (Å²) >= 11 is 0. The van der Waals surface area contributed by atoms with Gasteiger partial charge in [0.2, 0.25) is 0 Å². The van der Waals surface area contributed by atoms with E-state index in [1.54, 1.807) is 17.0 Å². The summed E-state index contributed by atoms with van der Waals surface area (Å²) in [5.74, 6) is -0.250. The maximum Gasteiger partial charge on any atom is 0.282 e. The maximum absolute atomic E-state index is 12.7. The fourth-order valence-electron chi connectivity index (χ4n) is 3.62. The molecule has 2 aromatic rings. The molecule has 2 aromatic carbocycles. The van der Waals surface area contributed by atoms with Gasteiger partial charge in [-0.1, -0.05) is 30.3 Å². The van der Waals surface area contributed by atoms with Crippen molar-refractivity contribution in [3.63, 3.8) is 0 Å². The molecule has 154 valence electrons. The van der Waals surface area contributed by atoms with Crippen LogP contribution in [0.5, 0.6) is 0 Å². The molecule has 0 unspecified atom stereocenters. The van der Waals surface area contributed by atoms with E-state index in [9.17, 15) is 14.9 Å². The summed E-state index contributed by atoms with van der Waals surface area (Å²) in [6.07, 6.45) is 2.83. The first-order chi connectivity index (χ1) is 14.0. The van der Waals surface area contributed by atoms with Gasteiger partial charge >= 0.3 is 0 Å². The molecule has 0 radical (unpaired) electrons. The number of amides is 1. The van der Waals surface area contributed by atoms with Crippen molar-refractivity contribution in [2.75, 3.05) is 38.5 Å². The van der Waals surface area contributed by atoms with E-state index in [1.807, 2.05) is 18.2 Å². The van der Waals surface area contributed by atoms with Gasteiger partial charge in [-0.2, -0.15) is 0 Å². The van der Waals surface area contributed by atoms with E-state index in [0.29, 0.717) is 13.1 Å². The van der Waals surface area contributed by atoms with Crippen molar-refractivity contribution in [1.82, 2.24) is 9.80 Å². The standard InChI is InChI=1S/C22H28N4O3/c1-24(17-18-8-3-2-4-9-18)13-7-12-23-19-10-11-21(26(28)29)20(16-19)22(27)25-14-5-6-15-25/h2-4,8-11,16,23H,5-7,12-15,17H2,1H3. The third kappa shape index (κ3) is 5.77. The third-order valence-electron chi connectivity index (χ3n) is 5.16.